The molecule has 0 bridgehead atoms. The van der Waals surface area contributed by atoms with Crippen LogP contribution in [0.4, 0.5) is 0 Å². The zero-order valence-corrected chi connectivity index (χ0v) is 15.3. The maximum absolute atomic E-state index is 13.2. The molecule has 1 N–H and O–H groups in total. The molecule has 1 spiro atoms. The number of ketones is 1. The first-order valence-electron chi connectivity index (χ1n) is 8.81. The largest absolute Gasteiger partial charge is 0.381 e. The van der Waals surface area contributed by atoms with Crippen molar-refractivity contribution in [3.63, 3.8) is 0 Å². The maximum Gasteiger partial charge on any atom is 0.235 e. The SMILES string of the molecule is Cc1ccc(-c2ccc(Cl)cc2)cc1C1C(=O)NC2(CCOCC2)C1=O. The van der Waals surface area contributed by atoms with Crippen LogP contribution >= 0.6 is 11.6 Å². The van der Waals surface area contributed by atoms with Crippen molar-refractivity contribution >= 4 is 23.3 Å². The summed E-state index contributed by atoms with van der Waals surface area (Å²) in [5, 5.41) is 3.65. The van der Waals surface area contributed by atoms with Crippen LogP contribution in [0.15, 0.2) is 42.5 Å². The molecule has 5 heteroatoms. The van der Waals surface area contributed by atoms with Crippen LogP contribution in [0, 0.1) is 6.92 Å². The molecule has 0 radical (unpaired) electrons. The normalized spacial score (nSPS) is 21.8. The third-order valence-electron chi connectivity index (χ3n) is 5.47. The fraction of sp³-hybridized carbons (Fsp3) is 0.333. The Morgan fingerprint density at radius 2 is 1.69 bits per heavy atom. The fourth-order valence-electron chi connectivity index (χ4n) is 3.91. The molecule has 1 atom stereocenters. The van der Waals surface area contributed by atoms with Gasteiger partial charge in [-0.3, -0.25) is 9.59 Å². The van der Waals surface area contributed by atoms with Crippen LogP contribution in [0.1, 0.15) is 29.9 Å². The number of carbonyl (C=O) groups is 2. The summed E-state index contributed by atoms with van der Waals surface area (Å²) in [4.78, 5) is 25.9. The van der Waals surface area contributed by atoms with Crippen LogP contribution in [0.3, 0.4) is 0 Å². The van der Waals surface area contributed by atoms with Gasteiger partial charge in [-0.1, -0.05) is 35.9 Å². The lowest BCUT2D eigenvalue weighted by atomic mass is 9.80. The summed E-state index contributed by atoms with van der Waals surface area (Å²) < 4.78 is 5.38. The highest BCUT2D eigenvalue weighted by molar-refractivity contribution is 6.30. The molecule has 2 fully saturated rings. The third kappa shape index (κ3) is 2.83. The van der Waals surface area contributed by atoms with Crippen molar-refractivity contribution in [3.8, 4) is 11.1 Å². The van der Waals surface area contributed by atoms with Gasteiger partial charge in [-0.05, 0) is 47.4 Å². The van der Waals surface area contributed by atoms with E-state index in [2.05, 4.69) is 5.32 Å². The Morgan fingerprint density at radius 1 is 1.04 bits per heavy atom. The summed E-state index contributed by atoms with van der Waals surface area (Å²) in [6, 6.07) is 13.5. The predicted octanol–water partition coefficient (Wildman–Crippen LogP) is 3.65. The number of halogens is 1. The summed E-state index contributed by atoms with van der Waals surface area (Å²) in [6.07, 6.45) is 1.09. The first kappa shape index (κ1) is 17.3. The minimum atomic E-state index is -0.761. The van der Waals surface area contributed by atoms with Crippen LogP contribution in [0.2, 0.25) is 5.02 Å². The number of amides is 1. The molecule has 0 aromatic heterocycles. The molecule has 2 aliphatic heterocycles. The summed E-state index contributed by atoms with van der Waals surface area (Å²) in [6.45, 7) is 2.95. The molecule has 0 aliphatic carbocycles. The van der Waals surface area contributed by atoms with Crippen molar-refractivity contribution in [3.05, 3.63) is 58.6 Å². The van der Waals surface area contributed by atoms with Crippen molar-refractivity contribution in [1.29, 1.82) is 0 Å². The summed E-state index contributed by atoms with van der Waals surface area (Å²) in [7, 11) is 0. The van der Waals surface area contributed by atoms with Crippen LogP contribution in [-0.4, -0.2) is 30.4 Å². The number of Topliss-reactive ketones (excluding diaryl/α,β-unsaturated/α-hetero) is 1. The Morgan fingerprint density at radius 3 is 2.38 bits per heavy atom. The molecule has 1 unspecified atom stereocenters. The molecule has 2 aromatic rings. The van der Waals surface area contributed by atoms with Crippen molar-refractivity contribution in [2.45, 2.75) is 31.2 Å². The van der Waals surface area contributed by atoms with E-state index in [1.807, 2.05) is 49.4 Å². The highest BCUT2D eigenvalue weighted by Crippen LogP contribution is 2.38. The van der Waals surface area contributed by atoms with Crippen molar-refractivity contribution in [1.82, 2.24) is 5.32 Å². The smallest absolute Gasteiger partial charge is 0.235 e. The summed E-state index contributed by atoms with van der Waals surface area (Å²) in [5.74, 6) is -0.976. The number of hydrogen-bond donors (Lipinski definition) is 1. The fourth-order valence-corrected chi connectivity index (χ4v) is 4.04. The van der Waals surface area contributed by atoms with E-state index in [-0.39, 0.29) is 11.7 Å². The van der Waals surface area contributed by atoms with Gasteiger partial charge in [-0.2, -0.15) is 0 Å². The molecule has 1 amide bonds. The Bertz CT molecular complexity index is 869. The molecular weight excluding hydrogens is 350 g/mol. The molecule has 26 heavy (non-hydrogen) atoms. The van der Waals surface area contributed by atoms with Crippen molar-refractivity contribution in [2.24, 2.45) is 0 Å². The maximum atomic E-state index is 13.2. The van der Waals surface area contributed by atoms with E-state index in [1.54, 1.807) is 0 Å². The van der Waals surface area contributed by atoms with E-state index in [0.29, 0.717) is 31.1 Å². The van der Waals surface area contributed by atoms with Gasteiger partial charge in [0.1, 0.15) is 11.5 Å². The predicted molar refractivity (Wildman–Crippen MR) is 100 cm³/mol. The Hall–Kier alpha value is -2.17. The molecule has 2 heterocycles. The Labute approximate surface area is 157 Å². The van der Waals surface area contributed by atoms with Gasteiger partial charge in [-0.25, -0.2) is 0 Å². The molecule has 2 aliphatic rings. The van der Waals surface area contributed by atoms with Gasteiger partial charge in [0.2, 0.25) is 5.91 Å². The van der Waals surface area contributed by atoms with E-state index in [1.165, 1.54) is 0 Å². The first-order chi connectivity index (χ1) is 12.5. The van der Waals surface area contributed by atoms with Crippen LogP contribution in [0.5, 0.6) is 0 Å². The van der Waals surface area contributed by atoms with Crippen LogP contribution in [-0.2, 0) is 14.3 Å². The first-order valence-corrected chi connectivity index (χ1v) is 9.19. The number of ether oxygens (including phenoxy) is 1. The van der Waals surface area contributed by atoms with E-state index < -0.39 is 11.5 Å². The van der Waals surface area contributed by atoms with Gasteiger partial charge >= 0.3 is 0 Å². The Kier molecular flexibility index (Phi) is 4.33. The lowest BCUT2D eigenvalue weighted by molar-refractivity contribution is -0.127. The lowest BCUT2D eigenvalue weighted by Gasteiger charge is -2.31. The number of rotatable bonds is 2. The minimum Gasteiger partial charge on any atom is -0.381 e. The highest BCUT2D eigenvalue weighted by Gasteiger charge is 2.53. The van der Waals surface area contributed by atoms with Crippen molar-refractivity contribution < 1.29 is 14.3 Å². The van der Waals surface area contributed by atoms with Gasteiger partial charge in [0.25, 0.3) is 0 Å². The monoisotopic (exact) mass is 369 g/mol. The van der Waals surface area contributed by atoms with Gasteiger partial charge < -0.3 is 10.1 Å². The average molecular weight is 370 g/mol. The Balaban J connectivity index is 1.73. The van der Waals surface area contributed by atoms with Crippen LogP contribution < -0.4 is 5.32 Å². The topological polar surface area (TPSA) is 55.4 Å². The van der Waals surface area contributed by atoms with E-state index >= 15 is 0 Å². The minimum absolute atomic E-state index is 0.0258. The second-order valence-corrected chi connectivity index (χ2v) is 7.50. The summed E-state index contributed by atoms with van der Waals surface area (Å²) >= 11 is 5.97. The number of nitrogens with one attached hydrogen (secondary N) is 1. The van der Waals surface area contributed by atoms with Gasteiger partial charge in [0.15, 0.2) is 5.78 Å². The highest BCUT2D eigenvalue weighted by atomic mass is 35.5. The van der Waals surface area contributed by atoms with Gasteiger partial charge in [0, 0.05) is 31.1 Å². The zero-order chi connectivity index (χ0) is 18.3. The van der Waals surface area contributed by atoms with Gasteiger partial charge in [0.05, 0.1) is 0 Å². The lowest BCUT2D eigenvalue weighted by Crippen LogP contribution is -2.50. The molecule has 2 aromatic carbocycles. The zero-order valence-electron chi connectivity index (χ0n) is 14.5. The second-order valence-electron chi connectivity index (χ2n) is 7.06. The summed E-state index contributed by atoms with van der Waals surface area (Å²) in [5.41, 5.74) is 2.93. The third-order valence-corrected chi connectivity index (χ3v) is 5.72. The molecule has 4 rings (SSSR count). The van der Waals surface area contributed by atoms with E-state index in [9.17, 15) is 9.59 Å². The molecular formula is C21H20ClNO3. The number of carbonyl (C=O) groups excluding carboxylic acids is 2. The quantitative estimate of drug-likeness (QED) is 0.822. The van der Waals surface area contributed by atoms with Crippen LogP contribution in [0.25, 0.3) is 11.1 Å². The van der Waals surface area contributed by atoms with Gasteiger partial charge in [-0.15, -0.1) is 0 Å². The number of benzene rings is 2. The number of aryl methyl sites for hydroxylation is 1. The average Bonchev–Trinajstić information content (AvgIpc) is 2.87. The second kappa shape index (κ2) is 6.53. The van der Waals surface area contributed by atoms with Crippen molar-refractivity contribution in [2.75, 3.05) is 13.2 Å². The molecule has 0 saturated carbocycles. The molecule has 2 saturated heterocycles. The number of hydrogen-bond acceptors (Lipinski definition) is 3. The molecule has 4 nitrogen and oxygen atoms in total. The van der Waals surface area contributed by atoms with E-state index in [4.69, 9.17) is 16.3 Å². The molecule has 134 valence electrons. The van der Waals surface area contributed by atoms with E-state index in [0.717, 1.165) is 22.3 Å². The standard InChI is InChI=1S/C21H20ClNO3/c1-13-2-3-15(14-4-6-16(22)7-5-14)12-17(13)18-19(24)21(23-20(18)25)8-10-26-11-9-21/h2-7,12,18H,8-11H2,1H3,(H,23,25).